The standard InChI is InChI=1S/C15H22N4O2/c1-14(2)12(20)16-15(7-4-5-8-15)13(21)19(14)10-11-6-9-18(3)17-11/h6,9H,4-5,7-8,10H2,1-3H3,(H,16,20). The first-order valence-corrected chi connectivity index (χ1v) is 7.48. The van der Waals surface area contributed by atoms with Crippen LogP contribution in [-0.2, 0) is 23.2 Å². The molecular formula is C15H22N4O2. The zero-order chi connectivity index (χ0) is 15.3. The van der Waals surface area contributed by atoms with Gasteiger partial charge in [-0.1, -0.05) is 12.8 Å². The van der Waals surface area contributed by atoms with E-state index in [1.165, 1.54) is 0 Å². The SMILES string of the molecule is Cn1ccc(CN2C(=O)C3(CCCC3)NC(=O)C2(C)C)n1. The molecule has 6 heteroatoms. The maximum atomic E-state index is 13.0. The van der Waals surface area contributed by atoms with Gasteiger partial charge >= 0.3 is 0 Å². The molecule has 0 aromatic carbocycles. The molecule has 2 amide bonds. The van der Waals surface area contributed by atoms with Gasteiger partial charge < -0.3 is 10.2 Å². The Morgan fingerprint density at radius 1 is 1.29 bits per heavy atom. The molecule has 0 atom stereocenters. The van der Waals surface area contributed by atoms with E-state index in [0.717, 1.165) is 31.4 Å². The van der Waals surface area contributed by atoms with Crippen molar-refractivity contribution in [3.05, 3.63) is 18.0 Å². The number of carbonyl (C=O) groups is 2. The van der Waals surface area contributed by atoms with Gasteiger partial charge in [0.1, 0.15) is 11.1 Å². The molecule has 1 aromatic rings. The Balaban J connectivity index is 1.93. The molecular weight excluding hydrogens is 268 g/mol. The molecule has 1 aliphatic heterocycles. The Morgan fingerprint density at radius 3 is 2.52 bits per heavy atom. The van der Waals surface area contributed by atoms with Gasteiger partial charge in [0, 0.05) is 13.2 Å². The fourth-order valence-corrected chi connectivity index (χ4v) is 3.35. The summed E-state index contributed by atoms with van der Waals surface area (Å²) >= 11 is 0. The average Bonchev–Trinajstić information content (AvgIpc) is 3.03. The predicted molar refractivity (Wildman–Crippen MR) is 77.2 cm³/mol. The van der Waals surface area contributed by atoms with E-state index < -0.39 is 11.1 Å². The molecule has 1 N–H and O–H groups in total. The Bertz CT molecular complexity index is 584. The van der Waals surface area contributed by atoms with Crippen LogP contribution in [0.2, 0.25) is 0 Å². The highest BCUT2D eigenvalue weighted by Crippen LogP contribution is 2.37. The number of nitrogens with zero attached hydrogens (tertiary/aromatic N) is 3. The van der Waals surface area contributed by atoms with E-state index in [0.29, 0.717) is 6.54 Å². The number of hydrogen-bond donors (Lipinski definition) is 1. The minimum Gasteiger partial charge on any atom is -0.340 e. The molecule has 1 aromatic heterocycles. The van der Waals surface area contributed by atoms with Crippen LogP contribution in [0.1, 0.15) is 45.2 Å². The summed E-state index contributed by atoms with van der Waals surface area (Å²) in [5, 5.41) is 7.33. The molecule has 3 rings (SSSR count). The monoisotopic (exact) mass is 290 g/mol. The van der Waals surface area contributed by atoms with Crippen molar-refractivity contribution in [1.29, 1.82) is 0 Å². The first-order chi connectivity index (χ1) is 9.85. The average molecular weight is 290 g/mol. The molecule has 2 heterocycles. The van der Waals surface area contributed by atoms with Gasteiger partial charge in [-0.3, -0.25) is 14.3 Å². The molecule has 0 bridgehead atoms. The lowest BCUT2D eigenvalue weighted by Crippen LogP contribution is -2.73. The molecule has 1 spiro atoms. The quantitative estimate of drug-likeness (QED) is 0.882. The van der Waals surface area contributed by atoms with Crippen LogP contribution in [0.4, 0.5) is 0 Å². The molecule has 1 aliphatic carbocycles. The summed E-state index contributed by atoms with van der Waals surface area (Å²) in [6, 6.07) is 1.89. The molecule has 114 valence electrons. The lowest BCUT2D eigenvalue weighted by molar-refractivity contribution is -0.161. The Kier molecular flexibility index (Phi) is 3.07. The first kappa shape index (κ1) is 14.1. The van der Waals surface area contributed by atoms with Gasteiger partial charge in [0.25, 0.3) is 0 Å². The summed E-state index contributed by atoms with van der Waals surface area (Å²) in [5.41, 5.74) is -0.717. The van der Waals surface area contributed by atoms with E-state index in [1.54, 1.807) is 23.4 Å². The van der Waals surface area contributed by atoms with Gasteiger partial charge in [-0.15, -0.1) is 0 Å². The molecule has 2 aliphatic rings. The van der Waals surface area contributed by atoms with Crippen LogP contribution in [0.3, 0.4) is 0 Å². The normalized spacial score (nSPS) is 23.7. The summed E-state index contributed by atoms with van der Waals surface area (Å²) in [7, 11) is 1.85. The highest BCUT2D eigenvalue weighted by Gasteiger charge is 2.55. The van der Waals surface area contributed by atoms with Crippen LogP contribution in [-0.4, -0.2) is 37.6 Å². The summed E-state index contributed by atoms with van der Waals surface area (Å²) in [6.45, 7) is 3.97. The number of aromatic nitrogens is 2. The van der Waals surface area contributed by atoms with Crippen molar-refractivity contribution in [1.82, 2.24) is 20.0 Å². The van der Waals surface area contributed by atoms with E-state index in [2.05, 4.69) is 10.4 Å². The Labute approximate surface area is 124 Å². The maximum Gasteiger partial charge on any atom is 0.249 e. The first-order valence-electron chi connectivity index (χ1n) is 7.48. The van der Waals surface area contributed by atoms with Crippen LogP contribution in [0, 0.1) is 0 Å². The van der Waals surface area contributed by atoms with Crippen molar-refractivity contribution in [3.8, 4) is 0 Å². The van der Waals surface area contributed by atoms with E-state index in [9.17, 15) is 9.59 Å². The third-order valence-corrected chi connectivity index (χ3v) is 4.78. The Morgan fingerprint density at radius 2 is 1.95 bits per heavy atom. The van der Waals surface area contributed by atoms with Crippen molar-refractivity contribution in [3.63, 3.8) is 0 Å². The molecule has 6 nitrogen and oxygen atoms in total. The molecule has 2 fully saturated rings. The van der Waals surface area contributed by atoms with E-state index in [4.69, 9.17) is 0 Å². The third-order valence-electron chi connectivity index (χ3n) is 4.78. The van der Waals surface area contributed by atoms with Gasteiger partial charge in [-0.25, -0.2) is 0 Å². The lowest BCUT2D eigenvalue weighted by atomic mass is 9.86. The highest BCUT2D eigenvalue weighted by atomic mass is 16.2. The van der Waals surface area contributed by atoms with Crippen LogP contribution < -0.4 is 5.32 Å². The number of nitrogens with one attached hydrogen (secondary N) is 1. The van der Waals surface area contributed by atoms with E-state index in [-0.39, 0.29) is 11.8 Å². The minimum absolute atomic E-state index is 0.0373. The molecule has 21 heavy (non-hydrogen) atoms. The summed E-state index contributed by atoms with van der Waals surface area (Å²) in [4.78, 5) is 27.2. The van der Waals surface area contributed by atoms with Gasteiger partial charge in [0.2, 0.25) is 11.8 Å². The molecule has 1 saturated heterocycles. The second kappa shape index (κ2) is 4.58. The van der Waals surface area contributed by atoms with Crippen molar-refractivity contribution in [2.45, 2.75) is 57.2 Å². The van der Waals surface area contributed by atoms with Gasteiger partial charge in [-0.05, 0) is 32.8 Å². The second-order valence-corrected chi connectivity index (χ2v) is 6.67. The van der Waals surface area contributed by atoms with E-state index in [1.807, 2.05) is 19.3 Å². The molecule has 0 unspecified atom stereocenters. The maximum absolute atomic E-state index is 13.0. The fourth-order valence-electron chi connectivity index (χ4n) is 3.35. The number of amides is 2. The lowest BCUT2D eigenvalue weighted by Gasteiger charge is -2.48. The number of piperazine rings is 1. The molecule has 1 saturated carbocycles. The van der Waals surface area contributed by atoms with Gasteiger partial charge in [0.15, 0.2) is 0 Å². The zero-order valence-electron chi connectivity index (χ0n) is 12.8. The number of aryl methyl sites for hydroxylation is 1. The second-order valence-electron chi connectivity index (χ2n) is 6.67. The summed E-state index contributed by atoms with van der Waals surface area (Å²) < 4.78 is 1.71. The third kappa shape index (κ3) is 2.13. The molecule has 0 radical (unpaired) electrons. The van der Waals surface area contributed by atoms with Gasteiger partial charge in [0.05, 0.1) is 12.2 Å². The smallest absolute Gasteiger partial charge is 0.249 e. The topological polar surface area (TPSA) is 67.2 Å². The fraction of sp³-hybridized carbons (Fsp3) is 0.667. The van der Waals surface area contributed by atoms with E-state index >= 15 is 0 Å². The van der Waals surface area contributed by atoms with Gasteiger partial charge in [-0.2, -0.15) is 5.10 Å². The van der Waals surface area contributed by atoms with Crippen LogP contribution in [0.5, 0.6) is 0 Å². The van der Waals surface area contributed by atoms with Crippen molar-refractivity contribution in [2.24, 2.45) is 7.05 Å². The van der Waals surface area contributed by atoms with Crippen molar-refractivity contribution in [2.75, 3.05) is 0 Å². The van der Waals surface area contributed by atoms with Crippen LogP contribution in [0.15, 0.2) is 12.3 Å². The predicted octanol–water partition coefficient (Wildman–Crippen LogP) is 0.970. The zero-order valence-corrected chi connectivity index (χ0v) is 12.8. The van der Waals surface area contributed by atoms with Crippen LogP contribution >= 0.6 is 0 Å². The summed E-state index contributed by atoms with van der Waals surface area (Å²) in [5.74, 6) is -0.0322. The number of carbonyl (C=O) groups excluding carboxylic acids is 2. The minimum atomic E-state index is -0.845. The number of hydrogen-bond acceptors (Lipinski definition) is 3. The van der Waals surface area contributed by atoms with Crippen molar-refractivity contribution >= 4 is 11.8 Å². The highest BCUT2D eigenvalue weighted by molar-refractivity contribution is 6.02. The van der Waals surface area contributed by atoms with Crippen LogP contribution in [0.25, 0.3) is 0 Å². The largest absolute Gasteiger partial charge is 0.340 e. The number of rotatable bonds is 2. The Hall–Kier alpha value is -1.85. The van der Waals surface area contributed by atoms with Crippen molar-refractivity contribution < 1.29 is 9.59 Å². The summed E-state index contributed by atoms with van der Waals surface area (Å²) in [6.07, 6.45) is 5.31.